The Kier molecular flexibility index (Phi) is 5.59. The number of anilines is 1. The van der Waals surface area contributed by atoms with Gasteiger partial charge in [-0.15, -0.1) is 0 Å². The average Bonchev–Trinajstić information content (AvgIpc) is 2.78. The molecule has 0 atom stereocenters. The van der Waals surface area contributed by atoms with Crippen LogP contribution in [0.4, 0.5) is 5.95 Å². The summed E-state index contributed by atoms with van der Waals surface area (Å²) >= 11 is 0. The number of aromatic nitrogens is 3. The number of pyridine rings is 1. The molecular weight excluding hydrogens is 386 g/mol. The van der Waals surface area contributed by atoms with E-state index in [1.807, 2.05) is 55.5 Å². The lowest BCUT2D eigenvalue weighted by atomic mass is 9.99. The van der Waals surface area contributed by atoms with Gasteiger partial charge >= 0.3 is 0 Å². The molecule has 0 unspecified atom stereocenters. The fraction of sp³-hybridized carbons (Fsp3) is 0.120. The van der Waals surface area contributed by atoms with Crippen molar-refractivity contribution in [2.24, 2.45) is 0 Å². The monoisotopic (exact) mass is 407 g/mol. The zero-order valence-corrected chi connectivity index (χ0v) is 17.1. The van der Waals surface area contributed by atoms with Crippen molar-refractivity contribution < 1.29 is 0 Å². The van der Waals surface area contributed by atoms with Crippen molar-refractivity contribution in [3.05, 3.63) is 100.0 Å². The molecule has 4 aromatic rings. The molecule has 31 heavy (non-hydrogen) atoms. The maximum atomic E-state index is 12.7. The molecule has 2 aromatic heterocycles. The standard InChI is InChI=1S/C25H21N5O/c1-17-20(16-26)8-5-9-21(17)23-15-22(28-25(27)29-23)19-11-13-30(24(31)14-19)12-10-18-6-3-2-4-7-18/h2-9,11,13-15H,10,12H2,1H3,(H2,27,28,29). The number of aryl methyl sites for hydroxylation is 2. The molecular formula is C25H21N5O. The third-order valence-electron chi connectivity index (χ3n) is 5.25. The molecule has 2 N–H and O–H groups in total. The first kappa shape index (κ1) is 20.0. The lowest BCUT2D eigenvalue weighted by Crippen LogP contribution is -2.19. The van der Waals surface area contributed by atoms with E-state index in [4.69, 9.17) is 5.73 Å². The Bertz CT molecular complexity index is 1340. The van der Waals surface area contributed by atoms with Gasteiger partial charge in [-0.3, -0.25) is 4.79 Å². The number of nitrogens with zero attached hydrogens (tertiary/aromatic N) is 4. The van der Waals surface area contributed by atoms with Crippen LogP contribution in [0, 0.1) is 18.3 Å². The molecule has 6 nitrogen and oxygen atoms in total. The molecule has 0 aliphatic rings. The van der Waals surface area contributed by atoms with Crippen molar-refractivity contribution in [3.63, 3.8) is 0 Å². The largest absolute Gasteiger partial charge is 0.368 e. The number of rotatable bonds is 5. The Morgan fingerprint density at radius 1 is 1.00 bits per heavy atom. The number of nitrogen functional groups attached to an aromatic ring is 1. The summed E-state index contributed by atoms with van der Waals surface area (Å²) in [5, 5.41) is 9.31. The first-order chi connectivity index (χ1) is 15.0. The lowest BCUT2D eigenvalue weighted by molar-refractivity contribution is 0.670. The summed E-state index contributed by atoms with van der Waals surface area (Å²) in [5.74, 6) is 0.113. The van der Waals surface area contributed by atoms with Crippen molar-refractivity contribution in [2.75, 3.05) is 5.73 Å². The summed E-state index contributed by atoms with van der Waals surface area (Å²) < 4.78 is 1.68. The van der Waals surface area contributed by atoms with Crippen molar-refractivity contribution >= 4 is 5.95 Å². The van der Waals surface area contributed by atoms with Gasteiger partial charge in [0.15, 0.2) is 0 Å². The summed E-state index contributed by atoms with van der Waals surface area (Å²) in [6.45, 7) is 2.47. The van der Waals surface area contributed by atoms with E-state index in [0.29, 0.717) is 29.1 Å². The Labute approximate surface area is 180 Å². The zero-order chi connectivity index (χ0) is 21.8. The van der Waals surface area contributed by atoms with Crippen LogP contribution in [-0.4, -0.2) is 14.5 Å². The molecule has 0 amide bonds. The number of hydrogen-bond donors (Lipinski definition) is 1. The zero-order valence-electron chi connectivity index (χ0n) is 17.1. The molecule has 0 bridgehead atoms. The summed E-state index contributed by atoms with van der Waals surface area (Å²) in [6, 6.07) is 22.9. The highest BCUT2D eigenvalue weighted by molar-refractivity contribution is 5.72. The van der Waals surface area contributed by atoms with Gasteiger partial charge in [-0.25, -0.2) is 9.97 Å². The van der Waals surface area contributed by atoms with Crippen LogP contribution >= 0.6 is 0 Å². The topological polar surface area (TPSA) is 97.6 Å². The van der Waals surface area contributed by atoms with Crippen molar-refractivity contribution in [1.29, 1.82) is 5.26 Å². The second-order valence-electron chi connectivity index (χ2n) is 7.27. The molecule has 2 heterocycles. The van der Waals surface area contributed by atoms with Gasteiger partial charge in [0.25, 0.3) is 5.56 Å². The molecule has 6 heteroatoms. The normalized spacial score (nSPS) is 10.6. The van der Waals surface area contributed by atoms with Gasteiger partial charge < -0.3 is 10.3 Å². The molecule has 0 spiro atoms. The lowest BCUT2D eigenvalue weighted by Gasteiger charge is -2.10. The van der Waals surface area contributed by atoms with Crippen molar-refractivity contribution in [2.45, 2.75) is 19.9 Å². The molecule has 0 fully saturated rings. The smallest absolute Gasteiger partial charge is 0.251 e. The molecule has 0 radical (unpaired) electrons. The van der Waals surface area contributed by atoms with Gasteiger partial charge in [0, 0.05) is 29.9 Å². The van der Waals surface area contributed by atoms with Crippen LogP contribution in [0.5, 0.6) is 0 Å². The van der Waals surface area contributed by atoms with E-state index in [0.717, 1.165) is 17.5 Å². The van der Waals surface area contributed by atoms with Crippen molar-refractivity contribution in [1.82, 2.24) is 14.5 Å². The third kappa shape index (κ3) is 4.36. The van der Waals surface area contributed by atoms with E-state index in [-0.39, 0.29) is 11.5 Å². The summed E-state index contributed by atoms with van der Waals surface area (Å²) in [4.78, 5) is 21.3. The van der Waals surface area contributed by atoms with E-state index < -0.39 is 0 Å². The number of nitrogens with two attached hydrogens (primary N) is 1. The van der Waals surface area contributed by atoms with Gasteiger partial charge in [0.1, 0.15) is 0 Å². The van der Waals surface area contributed by atoms with Crippen LogP contribution in [0.2, 0.25) is 0 Å². The first-order valence-corrected chi connectivity index (χ1v) is 9.94. The van der Waals surface area contributed by atoms with E-state index in [1.165, 1.54) is 5.56 Å². The Balaban J connectivity index is 1.65. The highest BCUT2D eigenvalue weighted by Crippen LogP contribution is 2.27. The SMILES string of the molecule is Cc1c(C#N)cccc1-c1cc(-c2ccn(CCc3ccccc3)c(=O)c2)nc(N)n1. The van der Waals surface area contributed by atoms with Crippen LogP contribution in [0.1, 0.15) is 16.7 Å². The molecule has 0 saturated heterocycles. The van der Waals surface area contributed by atoms with E-state index in [2.05, 4.69) is 16.0 Å². The van der Waals surface area contributed by atoms with Gasteiger partial charge in [0.05, 0.1) is 23.0 Å². The van der Waals surface area contributed by atoms with Crippen LogP contribution in [0.25, 0.3) is 22.5 Å². The highest BCUT2D eigenvalue weighted by Gasteiger charge is 2.12. The second-order valence-corrected chi connectivity index (χ2v) is 7.27. The molecule has 152 valence electrons. The minimum atomic E-state index is -0.102. The van der Waals surface area contributed by atoms with Crippen LogP contribution in [0.15, 0.2) is 77.7 Å². The Morgan fingerprint density at radius 2 is 1.77 bits per heavy atom. The van der Waals surface area contributed by atoms with E-state index >= 15 is 0 Å². The first-order valence-electron chi connectivity index (χ1n) is 9.94. The molecule has 0 saturated carbocycles. The predicted octanol–water partition coefficient (Wildman–Crippen LogP) is 3.98. The molecule has 0 aliphatic heterocycles. The van der Waals surface area contributed by atoms with E-state index in [1.54, 1.807) is 29.0 Å². The van der Waals surface area contributed by atoms with Crippen LogP contribution < -0.4 is 11.3 Å². The fourth-order valence-corrected chi connectivity index (χ4v) is 3.53. The maximum Gasteiger partial charge on any atom is 0.251 e. The number of hydrogen-bond acceptors (Lipinski definition) is 5. The summed E-state index contributed by atoms with van der Waals surface area (Å²) in [7, 11) is 0. The highest BCUT2D eigenvalue weighted by atomic mass is 16.1. The van der Waals surface area contributed by atoms with Gasteiger partial charge in [-0.1, -0.05) is 42.5 Å². The van der Waals surface area contributed by atoms with Crippen LogP contribution in [-0.2, 0) is 13.0 Å². The second kappa shape index (κ2) is 8.64. The number of nitriles is 1. The Morgan fingerprint density at radius 3 is 2.52 bits per heavy atom. The third-order valence-corrected chi connectivity index (χ3v) is 5.25. The minimum Gasteiger partial charge on any atom is -0.368 e. The minimum absolute atomic E-state index is 0.102. The summed E-state index contributed by atoms with van der Waals surface area (Å²) in [5.41, 5.74) is 11.1. The number of benzene rings is 2. The van der Waals surface area contributed by atoms with E-state index in [9.17, 15) is 10.1 Å². The quantitative estimate of drug-likeness (QED) is 0.540. The average molecular weight is 407 g/mol. The molecule has 0 aliphatic carbocycles. The predicted molar refractivity (Wildman–Crippen MR) is 121 cm³/mol. The van der Waals surface area contributed by atoms with Gasteiger partial charge in [0.2, 0.25) is 5.95 Å². The maximum absolute atomic E-state index is 12.7. The summed E-state index contributed by atoms with van der Waals surface area (Å²) in [6.07, 6.45) is 2.55. The van der Waals surface area contributed by atoms with Gasteiger partial charge in [-0.05, 0) is 42.7 Å². The molecule has 4 rings (SSSR count). The van der Waals surface area contributed by atoms with Gasteiger partial charge in [-0.2, -0.15) is 5.26 Å². The fourth-order valence-electron chi connectivity index (χ4n) is 3.53. The van der Waals surface area contributed by atoms with Crippen LogP contribution in [0.3, 0.4) is 0 Å². The molecule has 2 aromatic carbocycles. The van der Waals surface area contributed by atoms with Crippen molar-refractivity contribution in [3.8, 4) is 28.6 Å². The Hall–Kier alpha value is -4.24.